The lowest BCUT2D eigenvalue weighted by Crippen LogP contribution is -2.53. The van der Waals surface area contributed by atoms with Gasteiger partial charge in [-0.05, 0) is 23.8 Å². The van der Waals surface area contributed by atoms with Crippen LogP contribution in [0.3, 0.4) is 0 Å². The number of carbonyl (C=O) groups is 2. The second kappa shape index (κ2) is 6.33. The van der Waals surface area contributed by atoms with Crippen molar-refractivity contribution in [2.45, 2.75) is 45.6 Å². The van der Waals surface area contributed by atoms with E-state index in [2.05, 4.69) is 33.9 Å². The Balaban J connectivity index is 2.84. The van der Waals surface area contributed by atoms with Crippen molar-refractivity contribution in [2.75, 3.05) is 13.2 Å². The molecule has 5 nitrogen and oxygen atoms in total. The van der Waals surface area contributed by atoms with Crippen LogP contribution in [0.5, 0.6) is 0 Å². The van der Waals surface area contributed by atoms with Crippen molar-refractivity contribution in [1.82, 2.24) is 4.90 Å². The molecule has 118 valence electrons. The molecule has 0 spiro atoms. The molecule has 1 unspecified atom stereocenters. The highest BCUT2D eigenvalue weighted by atomic mass is 16.6. The Labute approximate surface area is 126 Å². The van der Waals surface area contributed by atoms with E-state index in [1.54, 1.807) is 0 Å². The minimum atomic E-state index is -1.42. The van der Waals surface area contributed by atoms with E-state index in [0.717, 1.165) is 6.42 Å². The molecule has 1 N–H and O–H groups in total. The smallest absolute Gasteiger partial charge is 0.411 e. The van der Waals surface area contributed by atoms with E-state index < -0.39 is 17.6 Å². The number of nitrogens with zero attached hydrogens (tertiary/aromatic N) is 1. The van der Waals surface area contributed by atoms with E-state index in [1.807, 2.05) is 0 Å². The van der Waals surface area contributed by atoms with Crippen molar-refractivity contribution in [3.63, 3.8) is 0 Å². The number of rotatable bonds is 5. The second-order valence-electron chi connectivity index (χ2n) is 6.59. The second-order valence-corrected chi connectivity index (χ2v) is 6.59. The third-order valence-corrected chi connectivity index (χ3v) is 3.77. The van der Waals surface area contributed by atoms with Crippen LogP contribution < -0.4 is 0 Å². The third kappa shape index (κ3) is 3.65. The van der Waals surface area contributed by atoms with Gasteiger partial charge in [-0.25, -0.2) is 9.59 Å². The number of carbonyl (C=O) groups excluding carboxylic acids is 1. The van der Waals surface area contributed by atoms with Gasteiger partial charge in [-0.2, -0.15) is 0 Å². The largest absolute Gasteiger partial charge is 0.479 e. The normalized spacial score (nSPS) is 22.2. The molecule has 0 radical (unpaired) electrons. The van der Waals surface area contributed by atoms with Crippen molar-refractivity contribution < 1.29 is 19.4 Å². The van der Waals surface area contributed by atoms with Gasteiger partial charge in [0.15, 0.2) is 5.54 Å². The standard InChI is InChI=1S/C16H25NO4/c1-6-8-16(13(18)19)12(2)7-10-17(16)14(20)21-11-9-15(3,4)5/h6H,1-2,7-11H2,3-5H3,(H,18,19). The summed E-state index contributed by atoms with van der Waals surface area (Å²) in [5, 5.41) is 9.58. The molecule has 1 atom stereocenters. The number of amides is 1. The Bertz CT molecular complexity index is 450. The van der Waals surface area contributed by atoms with E-state index in [9.17, 15) is 14.7 Å². The van der Waals surface area contributed by atoms with Gasteiger partial charge in [-0.1, -0.05) is 33.4 Å². The van der Waals surface area contributed by atoms with Crippen LogP contribution in [-0.4, -0.2) is 40.8 Å². The highest BCUT2D eigenvalue weighted by molar-refractivity contribution is 5.89. The van der Waals surface area contributed by atoms with Gasteiger partial charge in [-0.3, -0.25) is 4.90 Å². The van der Waals surface area contributed by atoms with Crippen LogP contribution in [0, 0.1) is 5.41 Å². The van der Waals surface area contributed by atoms with Crippen molar-refractivity contribution in [3.05, 3.63) is 24.8 Å². The van der Waals surface area contributed by atoms with Crippen molar-refractivity contribution in [1.29, 1.82) is 0 Å². The fourth-order valence-corrected chi connectivity index (χ4v) is 2.42. The van der Waals surface area contributed by atoms with Gasteiger partial charge >= 0.3 is 12.1 Å². The maximum Gasteiger partial charge on any atom is 0.411 e. The van der Waals surface area contributed by atoms with Gasteiger partial charge in [0.1, 0.15) is 0 Å². The van der Waals surface area contributed by atoms with Crippen LogP contribution in [0.4, 0.5) is 4.79 Å². The molecule has 1 aliphatic rings. The first-order chi connectivity index (χ1) is 9.65. The minimum Gasteiger partial charge on any atom is -0.479 e. The van der Waals surface area contributed by atoms with Gasteiger partial charge in [-0.15, -0.1) is 6.58 Å². The van der Waals surface area contributed by atoms with E-state index in [4.69, 9.17) is 4.74 Å². The number of carboxylic acids is 1. The first-order valence-electron chi connectivity index (χ1n) is 7.12. The Kier molecular flexibility index (Phi) is 5.20. The average Bonchev–Trinajstić information content (AvgIpc) is 2.67. The van der Waals surface area contributed by atoms with Crippen LogP contribution >= 0.6 is 0 Å². The first-order valence-corrected chi connectivity index (χ1v) is 7.12. The number of hydrogen-bond donors (Lipinski definition) is 1. The SMILES string of the molecule is C=CCC1(C(=O)O)C(=C)CCN1C(=O)OCCC(C)(C)C. The van der Waals surface area contributed by atoms with Gasteiger partial charge in [0.05, 0.1) is 6.61 Å². The monoisotopic (exact) mass is 295 g/mol. The predicted octanol–water partition coefficient (Wildman–Crippen LogP) is 3.22. The summed E-state index contributed by atoms with van der Waals surface area (Å²) in [6.07, 6.45) is 2.22. The van der Waals surface area contributed by atoms with Crippen LogP contribution in [0.2, 0.25) is 0 Å². The lowest BCUT2D eigenvalue weighted by Gasteiger charge is -2.34. The molecule has 21 heavy (non-hydrogen) atoms. The third-order valence-electron chi connectivity index (χ3n) is 3.77. The molecule has 5 heteroatoms. The number of likely N-dealkylation sites (tertiary alicyclic amines) is 1. The molecule has 1 aliphatic heterocycles. The van der Waals surface area contributed by atoms with Crippen LogP contribution in [0.1, 0.15) is 40.0 Å². The maximum atomic E-state index is 12.2. The fourth-order valence-electron chi connectivity index (χ4n) is 2.42. The Hall–Kier alpha value is -1.78. The van der Waals surface area contributed by atoms with Crippen molar-refractivity contribution in [2.24, 2.45) is 5.41 Å². The van der Waals surface area contributed by atoms with E-state index in [0.29, 0.717) is 18.5 Å². The molecule has 1 amide bonds. The zero-order chi connectivity index (χ0) is 16.3. The summed E-state index contributed by atoms with van der Waals surface area (Å²) >= 11 is 0. The van der Waals surface area contributed by atoms with Gasteiger partial charge < -0.3 is 9.84 Å². The Morgan fingerprint density at radius 3 is 2.57 bits per heavy atom. The minimum absolute atomic E-state index is 0.0554. The number of hydrogen-bond acceptors (Lipinski definition) is 3. The van der Waals surface area contributed by atoms with Crippen LogP contribution in [-0.2, 0) is 9.53 Å². The van der Waals surface area contributed by atoms with Gasteiger partial charge in [0.25, 0.3) is 0 Å². The summed E-state index contributed by atoms with van der Waals surface area (Å²) < 4.78 is 5.25. The molecule has 1 saturated heterocycles. The van der Waals surface area contributed by atoms with E-state index in [1.165, 1.54) is 11.0 Å². The van der Waals surface area contributed by atoms with Gasteiger partial charge in [0, 0.05) is 13.0 Å². The summed E-state index contributed by atoms with van der Waals surface area (Å²) in [6.45, 7) is 14.2. The molecular weight excluding hydrogens is 270 g/mol. The average molecular weight is 295 g/mol. The lowest BCUT2D eigenvalue weighted by molar-refractivity contribution is -0.146. The summed E-state index contributed by atoms with van der Waals surface area (Å²) in [6, 6.07) is 0. The zero-order valence-corrected chi connectivity index (χ0v) is 13.1. The molecular formula is C16H25NO4. The van der Waals surface area contributed by atoms with E-state index >= 15 is 0 Å². The Morgan fingerprint density at radius 2 is 2.10 bits per heavy atom. The zero-order valence-electron chi connectivity index (χ0n) is 13.1. The molecule has 0 saturated carbocycles. The van der Waals surface area contributed by atoms with Crippen LogP contribution in [0.25, 0.3) is 0 Å². The van der Waals surface area contributed by atoms with Gasteiger partial charge in [0.2, 0.25) is 0 Å². The number of carboxylic acid groups (broad SMARTS) is 1. The fraction of sp³-hybridized carbons (Fsp3) is 0.625. The summed E-state index contributed by atoms with van der Waals surface area (Å²) in [5.74, 6) is -1.09. The molecule has 1 fully saturated rings. The maximum absolute atomic E-state index is 12.2. The summed E-state index contributed by atoms with van der Waals surface area (Å²) in [7, 11) is 0. The van der Waals surface area contributed by atoms with Crippen molar-refractivity contribution in [3.8, 4) is 0 Å². The predicted molar refractivity (Wildman–Crippen MR) is 81.1 cm³/mol. The van der Waals surface area contributed by atoms with Crippen molar-refractivity contribution >= 4 is 12.1 Å². The molecule has 0 aliphatic carbocycles. The summed E-state index contributed by atoms with van der Waals surface area (Å²) in [5.41, 5.74) is -0.844. The lowest BCUT2D eigenvalue weighted by atomic mass is 9.88. The highest BCUT2D eigenvalue weighted by Crippen LogP contribution is 2.37. The molecule has 1 heterocycles. The molecule has 1 rings (SSSR count). The van der Waals surface area contributed by atoms with E-state index in [-0.39, 0.29) is 18.4 Å². The Morgan fingerprint density at radius 1 is 1.48 bits per heavy atom. The molecule has 0 aromatic heterocycles. The quantitative estimate of drug-likeness (QED) is 0.791. The molecule has 0 bridgehead atoms. The highest BCUT2D eigenvalue weighted by Gasteiger charge is 2.52. The number of ether oxygens (including phenoxy) is 1. The number of aliphatic carboxylic acids is 1. The van der Waals surface area contributed by atoms with Crippen LogP contribution in [0.15, 0.2) is 24.8 Å². The summed E-state index contributed by atoms with van der Waals surface area (Å²) in [4.78, 5) is 25.2. The first kappa shape index (κ1) is 17.3. The topological polar surface area (TPSA) is 66.8 Å². The molecule has 0 aromatic carbocycles. The molecule has 0 aromatic rings.